The molecule has 0 saturated carbocycles. The van der Waals surface area contributed by atoms with Gasteiger partial charge in [-0.1, -0.05) is 23.7 Å². The van der Waals surface area contributed by atoms with E-state index in [0.717, 1.165) is 5.56 Å². The maximum absolute atomic E-state index is 10.8. The minimum Gasteiger partial charge on any atom is -0.476 e. The number of aryl methyl sites for hydroxylation is 1. The van der Waals surface area contributed by atoms with Crippen LogP contribution in [0.5, 0.6) is 0 Å². The summed E-state index contributed by atoms with van der Waals surface area (Å²) in [6.07, 6.45) is 3.38. The fourth-order valence-electron chi connectivity index (χ4n) is 1.43. The lowest BCUT2D eigenvalue weighted by molar-refractivity contribution is 0.0689. The van der Waals surface area contributed by atoms with Crippen LogP contribution in [0.15, 0.2) is 28.7 Å². The van der Waals surface area contributed by atoms with Crippen molar-refractivity contribution in [2.45, 2.75) is 6.92 Å². The summed E-state index contributed by atoms with van der Waals surface area (Å²) in [5.41, 5.74) is 0.859. The summed E-state index contributed by atoms with van der Waals surface area (Å²) < 4.78 is 5.22. The van der Waals surface area contributed by atoms with Crippen molar-refractivity contribution < 1.29 is 14.3 Å². The highest BCUT2D eigenvalue weighted by atomic mass is 35.5. The van der Waals surface area contributed by atoms with E-state index in [4.69, 9.17) is 21.1 Å². The Morgan fingerprint density at radius 3 is 2.56 bits per heavy atom. The van der Waals surface area contributed by atoms with Gasteiger partial charge in [-0.05, 0) is 30.7 Å². The van der Waals surface area contributed by atoms with Crippen LogP contribution < -0.4 is 0 Å². The van der Waals surface area contributed by atoms with Crippen molar-refractivity contribution >= 4 is 29.7 Å². The van der Waals surface area contributed by atoms with Gasteiger partial charge < -0.3 is 9.52 Å². The van der Waals surface area contributed by atoms with Crippen LogP contribution >= 0.6 is 11.6 Å². The number of carbonyl (C=O) groups is 1. The van der Waals surface area contributed by atoms with Crippen LogP contribution in [0.3, 0.4) is 0 Å². The molecule has 0 radical (unpaired) electrons. The highest BCUT2D eigenvalue weighted by Crippen LogP contribution is 2.14. The van der Waals surface area contributed by atoms with Crippen LogP contribution in [0.1, 0.15) is 27.7 Å². The van der Waals surface area contributed by atoms with Crippen LogP contribution in [0.25, 0.3) is 12.2 Å². The Labute approximate surface area is 109 Å². The molecule has 0 aliphatic rings. The number of benzene rings is 1. The Balaban J connectivity index is 2.21. The normalized spacial score (nSPS) is 11.0. The first kappa shape index (κ1) is 12.4. The molecule has 0 bridgehead atoms. The summed E-state index contributed by atoms with van der Waals surface area (Å²) >= 11 is 5.77. The molecule has 0 unspecified atom stereocenters. The Bertz CT molecular complexity index is 599. The average molecular weight is 264 g/mol. The Morgan fingerprint density at radius 2 is 2.00 bits per heavy atom. The summed E-state index contributed by atoms with van der Waals surface area (Å²) in [6, 6.07) is 7.22. The number of hydrogen-bond acceptors (Lipinski definition) is 3. The van der Waals surface area contributed by atoms with E-state index in [0.29, 0.717) is 10.8 Å². The third-order valence-electron chi connectivity index (χ3n) is 2.30. The second-order valence-electron chi connectivity index (χ2n) is 3.65. The van der Waals surface area contributed by atoms with Gasteiger partial charge in [0.15, 0.2) is 5.69 Å². The molecule has 0 fully saturated rings. The molecule has 18 heavy (non-hydrogen) atoms. The van der Waals surface area contributed by atoms with E-state index in [1.54, 1.807) is 31.2 Å². The van der Waals surface area contributed by atoms with Gasteiger partial charge in [0.25, 0.3) is 0 Å². The van der Waals surface area contributed by atoms with Crippen molar-refractivity contribution in [1.29, 1.82) is 0 Å². The van der Waals surface area contributed by atoms with Gasteiger partial charge in [0.05, 0.1) is 0 Å². The topological polar surface area (TPSA) is 63.3 Å². The highest BCUT2D eigenvalue weighted by molar-refractivity contribution is 6.30. The fourth-order valence-corrected chi connectivity index (χ4v) is 1.55. The number of carboxylic acids is 1. The zero-order valence-corrected chi connectivity index (χ0v) is 10.3. The zero-order valence-electron chi connectivity index (χ0n) is 9.55. The van der Waals surface area contributed by atoms with E-state index in [1.165, 1.54) is 0 Å². The van der Waals surface area contributed by atoms with Gasteiger partial charge in [-0.2, -0.15) is 0 Å². The van der Waals surface area contributed by atoms with Crippen molar-refractivity contribution in [3.05, 3.63) is 52.2 Å². The molecule has 0 aliphatic heterocycles. The van der Waals surface area contributed by atoms with Crippen molar-refractivity contribution in [2.75, 3.05) is 0 Å². The molecular weight excluding hydrogens is 254 g/mol. The average Bonchev–Trinajstić information content (AvgIpc) is 2.70. The monoisotopic (exact) mass is 263 g/mol. The molecule has 0 aliphatic carbocycles. The van der Waals surface area contributed by atoms with Gasteiger partial charge in [0.1, 0.15) is 5.76 Å². The quantitative estimate of drug-likeness (QED) is 0.920. The maximum Gasteiger partial charge on any atom is 0.358 e. The molecule has 1 aromatic carbocycles. The fraction of sp³-hybridized carbons (Fsp3) is 0.0769. The standard InChI is InChI=1S/C13H10ClNO3/c1-8-12(13(16)17)15-11(18-8)7-4-9-2-5-10(14)6-3-9/h2-7H,1H3,(H,16,17). The van der Waals surface area contributed by atoms with Crippen LogP contribution in [-0.2, 0) is 0 Å². The molecule has 4 nitrogen and oxygen atoms in total. The molecule has 0 amide bonds. The van der Waals surface area contributed by atoms with E-state index in [-0.39, 0.29) is 11.6 Å². The van der Waals surface area contributed by atoms with Crippen molar-refractivity contribution in [3.63, 3.8) is 0 Å². The van der Waals surface area contributed by atoms with Gasteiger partial charge >= 0.3 is 5.97 Å². The predicted octanol–water partition coefficient (Wildman–Crippen LogP) is 3.51. The molecule has 0 spiro atoms. The first-order valence-electron chi connectivity index (χ1n) is 5.20. The number of oxazole rings is 1. The molecule has 1 heterocycles. The van der Waals surface area contributed by atoms with E-state index in [1.807, 2.05) is 12.1 Å². The Morgan fingerprint density at radius 1 is 1.33 bits per heavy atom. The molecule has 0 atom stereocenters. The molecule has 2 aromatic rings. The smallest absolute Gasteiger partial charge is 0.358 e. The number of nitrogens with zero attached hydrogens (tertiary/aromatic N) is 1. The van der Waals surface area contributed by atoms with Crippen LogP contribution in [0.2, 0.25) is 5.02 Å². The third-order valence-corrected chi connectivity index (χ3v) is 2.56. The molecule has 1 N–H and O–H groups in total. The second kappa shape index (κ2) is 5.06. The molecule has 0 saturated heterocycles. The SMILES string of the molecule is Cc1oc(C=Cc2ccc(Cl)cc2)nc1C(=O)O. The van der Waals surface area contributed by atoms with Crippen molar-refractivity contribution in [1.82, 2.24) is 4.98 Å². The van der Waals surface area contributed by atoms with Crippen molar-refractivity contribution in [3.8, 4) is 0 Å². The van der Waals surface area contributed by atoms with Gasteiger partial charge in [0.2, 0.25) is 5.89 Å². The largest absolute Gasteiger partial charge is 0.476 e. The number of halogens is 1. The van der Waals surface area contributed by atoms with Crippen LogP contribution in [0, 0.1) is 6.92 Å². The van der Waals surface area contributed by atoms with Gasteiger partial charge in [-0.15, -0.1) is 0 Å². The molecule has 92 valence electrons. The van der Waals surface area contributed by atoms with Gasteiger partial charge in [-0.25, -0.2) is 9.78 Å². The van der Waals surface area contributed by atoms with Crippen molar-refractivity contribution in [2.24, 2.45) is 0 Å². The van der Waals surface area contributed by atoms with E-state index in [2.05, 4.69) is 4.98 Å². The molecule has 1 aromatic heterocycles. The van der Waals surface area contributed by atoms with E-state index < -0.39 is 5.97 Å². The highest BCUT2D eigenvalue weighted by Gasteiger charge is 2.14. The summed E-state index contributed by atoms with van der Waals surface area (Å²) in [7, 11) is 0. The summed E-state index contributed by atoms with van der Waals surface area (Å²) in [4.78, 5) is 14.6. The van der Waals surface area contributed by atoms with Crippen LogP contribution in [0.4, 0.5) is 0 Å². The second-order valence-corrected chi connectivity index (χ2v) is 4.08. The number of rotatable bonds is 3. The number of aromatic nitrogens is 1. The molecule has 2 rings (SSSR count). The summed E-state index contributed by atoms with van der Waals surface area (Å²) in [6.45, 7) is 1.57. The number of aromatic carboxylic acids is 1. The lowest BCUT2D eigenvalue weighted by atomic mass is 10.2. The molecule has 5 heteroatoms. The van der Waals surface area contributed by atoms with Gasteiger partial charge in [-0.3, -0.25) is 0 Å². The van der Waals surface area contributed by atoms with Crippen LogP contribution in [-0.4, -0.2) is 16.1 Å². The predicted molar refractivity (Wildman–Crippen MR) is 68.6 cm³/mol. The van der Waals surface area contributed by atoms with Gasteiger partial charge in [0, 0.05) is 11.1 Å². The maximum atomic E-state index is 10.8. The first-order chi connectivity index (χ1) is 8.56. The first-order valence-corrected chi connectivity index (χ1v) is 5.58. The van der Waals surface area contributed by atoms with E-state index in [9.17, 15) is 4.79 Å². The van der Waals surface area contributed by atoms with E-state index >= 15 is 0 Å². The minimum absolute atomic E-state index is 0.0641. The lowest BCUT2D eigenvalue weighted by Gasteiger charge is -1.92. The lowest BCUT2D eigenvalue weighted by Crippen LogP contribution is -1.98. The summed E-state index contributed by atoms with van der Waals surface area (Å²) in [5.74, 6) is -0.541. The minimum atomic E-state index is -1.10. The number of carboxylic acid groups (broad SMARTS) is 1. The third kappa shape index (κ3) is 2.78. The Kier molecular flexibility index (Phi) is 3.48. The molecular formula is C13H10ClNO3. The summed E-state index contributed by atoms with van der Waals surface area (Å²) in [5, 5.41) is 9.49. The number of hydrogen-bond donors (Lipinski definition) is 1. The zero-order chi connectivity index (χ0) is 13.1. The Hall–Kier alpha value is -2.07.